The van der Waals surface area contributed by atoms with Crippen LogP contribution in [-0.4, -0.2) is 12.1 Å². The van der Waals surface area contributed by atoms with Crippen molar-refractivity contribution in [2.24, 2.45) is 11.8 Å². The third-order valence-electron chi connectivity index (χ3n) is 3.51. The number of ether oxygens (including phenoxy) is 1. The van der Waals surface area contributed by atoms with E-state index < -0.39 is 0 Å². The Morgan fingerprint density at radius 2 is 2.29 bits per heavy atom. The monoisotopic (exact) mass is 194 g/mol. The maximum atomic E-state index is 11.3. The van der Waals surface area contributed by atoms with Gasteiger partial charge in [-0.15, -0.1) is 0 Å². The van der Waals surface area contributed by atoms with E-state index in [1.165, 1.54) is 18.4 Å². The molecule has 0 aromatic rings. The minimum absolute atomic E-state index is 0.128. The van der Waals surface area contributed by atoms with Gasteiger partial charge in [0.2, 0.25) is 0 Å². The van der Waals surface area contributed by atoms with Crippen LogP contribution in [0.2, 0.25) is 0 Å². The molecule has 3 unspecified atom stereocenters. The molecule has 78 valence electrons. The molecule has 1 fully saturated rings. The van der Waals surface area contributed by atoms with Crippen molar-refractivity contribution < 1.29 is 9.53 Å². The molecule has 1 heterocycles. The first-order valence-electron chi connectivity index (χ1n) is 5.61. The highest BCUT2D eigenvalue weighted by molar-refractivity contribution is 5.84. The maximum Gasteiger partial charge on any atom is 0.331 e. The number of hydrogen-bond acceptors (Lipinski definition) is 2. The summed E-state index contributed by atoms with van der Waals surface area (Å²) in [5, 5.41) is 0. The van der Waals surface area contributed by atoms with Gasteiger partial charge in [-0.05, 0) is 31.6 Å². The SMILES string of the molecule is CCC1=CC(=O)OC2CC(C)CCC12. The Bertz CT molecular complexity index is 267. The minimum Gasteiger partial charge on any atom is -0.459 e. The summed E-state index contributed by atoms with van der Waals surface area (Å²) < 4.78 is 5.38. The van der Waals surface area contributed by atoms with Gasteiger partial charge in [-0.3, -0.25) is 0 Å². The number of rotatable bonds is 1. The van der Waals surface area contributed by atoms with E-state index >= 15 is 0 Å². The predicted octanol–water partition coefficient (Wildman–Crippen LogP) is 2.68. The number of carbonyl (C=O) groups is 1. The van der Waals surface area contributed by atoms with Gasteiger partial charge in [0.25, 0.3) is 0 Å². The molecule has 0 aromatic carbocycles. The summed E-state index contributed by atoms with van der Waals surface area (Å²) in [6.07, 6.45) is 6.39. The van der Waals surface area contributed by atoms with Gasteiger partial charge in [-0.2, -0.15) is 0 Å². The van der Waals surface area contributed by atoms with Crippen LogP contribution in [0.1, 0.15) is 39.5 Å². The van der Waals surface area contributed by atoms with Gasteiger partial charge in [0.05, 0.1) is 0 Å². The van der Waals surface area contributed by atoms with E-state index in [1.807, 2.05) is 0 Å². The third-order valence-corrected chi connectivity index (χ3v) is 3.51. The van der Waals surface area contributed by atoms with Crippen LogP contribution in [0.4, 0.5) is 0 Å². The highest BCUT2D eigenvalue weighted by Gasteiger charge is 2.35. The predicted molar refractivity (Wildman–Crippen MR) is 54.8 cm³/mol. The van der Waals surface area contributed by atoms with E-state index in [9.17, 15) is 4.79 Å². The Morgan fingerprint density at radius 3 is 3.00 bits per heavy atom. The van der Waals surface area contributed by atoms with Gasteiger partial charge >= 0.3 is 5.97 Å². The Balaban J connectivity index is 2.17. The molecule has 1 aliphatic heterocycles. The molecule has 0 aromatic heterocycles. The molecular formula is C12H18O2. The fourth-order valence-electron chi connectivity index (χ4n) is 2.69. The standard InChI is InChI=1S/C12H18O2/c1-3-9-7-12(13)14-11-6-8(2)4-5-10(9)11/h7-8,10-11H,3-6H2,1-2H3. The summed E-state index contributed by atoms with van der Waals surface area (Å²) >= 11 is 0. The lowest BCUT2D eigenvalue weighted by Crippen LogP contribution is -2.37. The molecule has 2 rings (SSSR count). The second kappa shape index (κ2) is 3.76. The summed E-state index contributed by atoms with van der Waals surface area (Å²) in [5.74, 6) is 1.10. The van der Waals surface area contributed by atoms with Crippen molar-refractivity contribution in [3.63, 3.8) is 0 Å². The molecule has 2 heteroatoms. The third kappa shape index (κ3) is 1.70. The van der Waals surface area contributed by atoms with Crippen LogP contribution in [0.25, 0.3) is 0 Å². The van der Waals surface area contributed by atoms with Crippen molar-refractivity contribution in [3.8, 4) is 0 Å². The van der Waals surface area contributed by atoms with Gasteiger partial charge in [0, 0.05) is 12.0 Å². The molecule has 0 spiro atoms. The van der Waals surface area contributed by atoms with Gasteiger partial charge < -0.3 is 4.74 Å². The van der Waals surface area contributed by atoms with Crippen molar-refractivity contribution in [1.82, 2.24) is 0 Å². The first-order chi connectivity index (χ1) is 6.70. The maximum absolute atomic E-state index is 11.3. The lowest BCUT2D eigenvalue weighted by Gasteiger charge is -2.37. The average Bonchev–Trinajstić information content (AvgIpc) is 2.15. The highest BCUT2D eigenvalue weighted by Crippen LogP contribution is 2.38. The first-order valence-corrected chi connectivity index (χ1v) is 5.61. The summed E-state index contributed by atoms with van der Waals surface area (Å²) in [6.45, 7) is 4.37. The zero-order valence-corrected chi connectivity index (χ0v) is 8.95. The van der Waals surface area contributed by atoms with Crippen molar-refractivity contribution in [1.29, 1.82) is 0 Å². The van der Waals surface area contributed by atoms with Gasteiger partial charge in [-0.25, -0.2) is 4.79 Å². The van der Waals surface area contributed by atoms with Crippen molar-refractivity contribution in [2.75, 3.05) is 0 Å². The van der Waals surface area contributed by atoms with Crippen LogP contribution in [-0.2, 0) is 9.53 Å². The molecule has 1 aliphatic carbocycles. The van der Waals surface area contributed by atoms with E-state index in [-0.39, 0.29) is 12.1 Å². The summed E-state index contributed by atoms with van der Waals surface area (Å²) in [4.78, 5) is 11.3. The lowest BCUT2D eigenvalue weighted by atomic mass is 9.75. The molecule has 14 heavy (non-hydrogen) atoms. The van der Waals surface area contributed by atoms with E-state index in [0.717, 1.165) is 12.8 Å². The quantitative estimate of drug-likeness (QED) is 0.600. The molecular weight excluding hydrogens is 176 g/mol. The van der Waals surface area contributed by atoms with Gasteiger partial charge in [0.1, 0.15) is 6.10 Å². The molecule has 0 bridgehead atoms. The Labute approximate surface area is 85.3 Å². The molecule has 2 aliphatic rings. The number of hydrogen-bond donors (Lipinski definition) is 0. The highest BCUT2D eigenvalue weighted by atomic mass is 16.5. The Hall–Kier alpha value is -0.790. The lowest BCUT2D eigenvalue weighted by molar-refractivity contribution is -0.149. The number of esters is 1. The average molecular weight is 194 g/mol. The Kier molecular flexibility index (Phi) is 2.62. The molecule has 0 saturated heterocycles. The fraction of sp³-hybridized carbons (Fsp3) is 0.750. The van der Waals surface area contributed by atoms with Gasteiger partial charge in [0.15, 0.2) is 0 Å². The van der Waals surface area contributed by atoms with Crippen LogP contribution in [0.5, 0.6) is 0 Å². The van der Waals surface area contributed by atoms with E-state index in [1.54, 1.807) is 6.08 Å². The Morgan fingerprint density at radius 1 is 1.50 bits per heavy atom. The molecule has 1 saturated carbocycles. The topological polar surface area (TPSA) is 26.3 Å². The summed E-state index contributed by atoms with van der Waals surface area (Å²) in [7, 11) is 0. The molecule has 2 nitrogen and oxygen atoms in total. The first kappa shape index (κ1) is 9.75. The minimum atomic E-state index is -0.128. The van der Waals surface area contributed by atoms with Crippen molar-refractivity contribution in [3.05, 3.63) is 11.6 Å². The molecule has 0 radical (unpaired) electrons. The largest absolute Gasteiger partial charge is 0.459 e. The van der Waals surface area contributed by atoms with Crippen LogP contribution in [0.3, 0.4) is 0 Å². The second-order valence-electron chi connectivity index (χ2n) is 4.57. The normalized spacial score (nSPS) is 37.1. The summed E-state index contributed by atoms with van der Waals surface area (Å²) in [5.41, 5.74) is 1.30. The van der Waals surface area contributed by atoms with Crippen LogP contribution in [0.15, 0.2) is 11.6 Å². The van der Waals surface area contributed by atoms with Crippen LogP contribution >= 0.6 is 0 Å². The van der Waals surface area contributed by atoms with E-state index in [4.69, 9.17) is 4.74 Å². The number of carbonyl (C=O) groups excluding carboxylic acids is 1. The van der Waals surface area contributed by atoms with Gasteiger partial charge in [-0.1, -0.05) is 19.4 Å². The number of fused-ring (bicyclic) bond motifs is 1. The smallest absolute Gasteiger partial charge is 0.331 e. The summed E-state index contributed by atoms with van der Waals surface area (Å²) in [6, 6.07) is 0. The molecule has 0 N–H and O–H groups in total. The van der Waals surface area contributed by atoms with Crippen LogP contribution in [0, 0.1) is 11.8 Å². The van der Waals surface area contributed by atoms with Crippen molar-refractivity contribution in [2.45, 2.75) is 45.6 Å². The fourth-order valence-corrected chi connectivity index (χ4v) is 2.69. The zero-order chi connectivity index (χ0) is 10.1. The molecule has 0 amide bonds. The van der Waals surface area contributed by atoms with Crippen LogP contribution < -0.4 is 0 Å². The molecule has 3 atom stereocenters. The van der Waals surface area contributed by atoms with E-state index in [2.05, 4.69) is 13.8 Å². The second-order valence-corrected chi connectivity index (χ2v) is 4.57. The van der Waals surface area contributed by atoms with E-state index in [0.29, 0.717) is 11.8 Å². The van der Waals surface area contributed by atoms with Crippen molar-refractivity contribution >= 4 is 5.97 Å². The zero-order valence-electron chi connectivity index (χ0n) is 8.95.